The van der Waals surface area contributed by atoms with E-state index in [0.29, 0.717) is 20.6 Å². The summed E-state index contributed by atoms with van der Waals surface area (Å²) in [6.45, 7) is 7.26. The van der Waals surface area contributed by atoms with Gasteiger partial charge in [0, 0.05) is 28.3 Å². The van der Waals surface area contributed by atoms with Gasteiger partial charge in [0.05, 0.1) is 37.9 Å². The Morgan fingerprint density at radius 1 is 0.920 bits per heavy atom. The molecule has 14 heteroatoms. The van der Waals surface area contributed by atoms with Gasteiger partial charge in [0.15, 0.2) is 0 Å². The van der Waals surface area contributed by atoms with Crippen LogP contribution in [0.1, 0.15) is 58.6 Å². The van der Waals surface area contributed by atoms with E-state index in [-0.39, 0.29) is 24.3 Å². The number of methoxy groups -OCH3 is 1. The van der Waals surface area contributed by atoms with Gasteiger partial charge in [-0.1, -0.05) is 83.3 Å². The number of hydrogen-bond acceptors (Lipinski definition) is 6. The number of anilines is 1. The van der Waals surface area contributed by atoms with Crippen LogP contribution >= 0.6 is 34.8 Å². The van der Waals surface area contributed by atoms with E-state index >= 15 is 0 Å². The summed E-state index contributed by atoms with van der Waals surface area (Å²) >= 11 is 18.2. The molecule has 3 aromatic carbocycles. The van der Waals surface area contributed by atoms with Crippen LogP contribution in [0.15, 0.2) is 66.9 Å². The normalized spacial score (nSPS) is 12.1. The van der Waals surface area contributed by atoms with E-state index in [2.05, 4.69) is 5.10 Å². The number of ether oxygens (including phenoxy) is 1. The molecular weight excluding hydrogens is 713 g/mol. The summed E-state index contributed by atoms with van der Waals surface area (Å²) < 4.78 is 32.3. The lowest BCUT2D eigenvalue weighted by Gasteiger charge is -2.30. The highest BCUT2D eigenvalue weighted by Crippen LogP contribution is 2.32. The molecule has 1 heterocycles. The van der Waals surface area contributed by atoms with E-state index in [9.17, 15) is 23.2 Å². The molecule has 0 saturated carbocycles. The number of benzene rings is 3. The predicted molar refractivity (Wildman–Crippen MR) is 191 cm³/mol. The van der Waals surface area contributed by atoms with Gasteiger partial charge in [-0.3, -0.25) is 24.0 Å². The minimum absolute atomic E-state index is 0.128. The van der Waals surface area contributed by atoms with Crippen molar-refractivity contribution in [2.45, 2.75) is 59.0 Å². The van der Waals surface area contributed by atoms with Crippen molar-refractivity contribution in [3.8, 4) is 0 Å². The number of aryl methyl sites for hydroxylation is 3. The number of amides is 2. The largest absolute Gasteiger partial charge is 0.467 e. The average molecular weight is 752 g/mol. The van der Waals surface area contributed by atoms with Gasteiger partial charge in [-0.15, -0.1) is 0 Å². The molecule has 1 aromatic heterocycles. The third-order valence-corrected chi connectivity index (χ3v) is 8.67. The summed E-state index contributed by atoms with van der Waals surface area (Å²) in [5.41, 5.74) is 3.32. The Bertz CT molecular complexity index is 1760. The minimum atomic E-state index is -2.88. The Kier molecular flexibility index (Phi) is 14.8. The maximum Gasteiger partial charge on any atom is 0.328 e. The highest BCUT2D eigenvalue weighted by Gasteiger charge is 2.31. The number of hydrogen-bond donors (Lipinski definition) is 0. The molecular formula is C36H39Cl3F2N4O5. The number of carbonyl (C=O) groups is 3. The number of nitrogens with zero attached hydrogens (tertiary/aromatic N) is 4. The van der Waals surface area contributed by atoms with Crippen molar-refractivity contribution < 1.29 is 32.7 Å². The van der Waals surface area contributed by atoms with Gasteiger partial charge in [0.1, 0.15) is 11.7 Å². The molecule has 4 aromatic rings. The van der Waals surface area contributed by atoms with Crippen LogP contribution in [0.4, 0.5) is 14.5 Å². The van der Waals surface area contributed by atoms with E-state index in [1.807, 2.05) is 62.4 Å². The van der Waals surface area contributed by atoms with Gasteiger partial charge < -0.3 is 4.74 Å². The maximum absolute atomic E-state index is 13.1. The molecule has 0 radical (unpaired) electrons. The second kappa shape index (κ2) is 18.3. The molecule has 2 atom stereocenters. The van der Waals surface area contributed by atoms with Gasteiger partial charge in [0.2, 0.25) is 5.91 Å². The first kappa shape index (κ1) is 40.4. The molecule has 2 unspecified atom stereocenters. The third kappa shape index (κ3) is 10.0. The molecule has 2 amide bonds. The smallest absolute Gasteiger partial charge is 0.328 e. The first-order valence-corrected chi connectivity index (χ1v) is 16.6. The van der Waals surface area contributed by atoms with Crippen molar-refractivity contribution in [2.24, 2.45) is 7.05 Å². The summed E-state index contributed by atoms with van der Waals surface area (Å²) in [5.74, 6) is -1.29. The third-order valence-electron chi connectivity index (χ3n) is 7.77. The molecule has 4 rings (SSSR count). The Morgan fingerprint density at radius 3 is 2.02 bits per heavy atom. The number of halogens is 5. The van der Waals surface area contributed by atoms with Crippen molar-refractivity contribution in [2.75, 3.05) is 19.1 Å². The van der Waals surface area contributed by atoms with Crippen LogP contribution in [-0.2, 0) is 39.1 Å². The zero-order valence-corrected chi connectivity index (χ0v) is 31.0. The van der Waals surface area contributed by atoms with Crippen LogP contribution in [0, 0.1) is 13.8 Å². The summed E-state index contributed by atoms with van der Waals surface area (Å²) in [5, 5.41) is 5.69. The first-order valence-electron chi connectivity index (χ1n) is 15.4. The van der Waals surface area contributed by atoms with E-state index < -0.39 is 36.1 Å². The summed E-state index contributed by atoms with van der Waals surface area (Å²) in [6, 6.07) is 17.2. The number of rotatable bonds is 11. The molecule has 0 fully saturated rings. The number of aromatic nitrogens is 2. The lowest BCUT2D eigenvalue weighted by Crippen LogP contribution is -2.45. The molecule has 0 aliphatic carbocycles. The van der Waals surface area contributed by atoms with Gasteiger partial charge >= 0.3 is 5.97 Å². The van der Waals surface area contributed by atoms with Gasteiger partial charge in [-0.2, -0.15) is 5.10 Å². The summed E-state index contributed by atoms with van der Waals surface area (Å²) in [7, 11) is 4.07. The van der Waals surface area contributed by atoms with Crippen molar-refractivity contribution in [3.63, 3.8) is 0 Å². The van der Waals surface area contributed by atoms with E-state index in [0.717, 1.165) is 32.1 Å². The van der Waals surface area contributed by atoms with Crippen molar-refractivity contribution in [3.05, 3.63) is 115 Å². The van der Waals surface area contributed by atoms with Gasteiger partial charge in [-0.05, 0) is 68.5 Å². The van der Waals surface area contributed by atoms with Crippen LogP contribution in [0.5, 0.6) is 0 Å². The Morgan fingerprint density at radius 2 is 1.50 bits per heavy atom. The fraction of sp³-hybridized carbons (Fsp3) is 0.333. The molecule has 0 bridgehead atoms. The van der Waals surface area contributed by atoms with Gasteiger partial charge in [0.25, 0.3) is 12.3 Å². The molecule has 0 aliphatic heterocycles. The molecule has 0 saturated heterocycles. The Hall–Kier alpha value is -4.03. The van der Waals surface area contributed by atoms with Crippen molar-refractivity contribution in [1.29, 1.82) is 0 Å². The zero-order chi connectivity index (χ0) is 37.3. The van der Waals surface area contributed by atoms with Crippen molar-refractivity contribution >= 4 is 58.3 Å². The maximum atomic E-state index is 13.1. The van der Waals surface area contributed by atoms with Crippen molar-refractivity contribution in [1.82, 2.24) is 14.8 Å². The first-order chi connectivity index (χ1) is 23.6. The van der Waals surface area contributed by atoms with E-state index in [4.69, 9.17) is 44.4 Å². The fourth-order valence-corrected chi connectivity index (χ4v) is 6.38. The topological polar surface area (TPSA) is 94.0 Å². The fourth-order valence-electron chi connectivity index (χ4n) is 5.41. The molecule has 0 aliphatic rings. The highest BCUT2D eigenvalue weighted by atomic mass is 35.5. The molecule has 50 heavy (non-hydrogen) atoms. The van der Waals surface area contributed by atoms with Crippen LogP contribution in [0.2, 0.25) is 15.1 Å². The molecule has 0 N–H and O–H groups in total. The standard InChI is InChI=1S/C20H23NO3.C16H16Cl3F2N3O2/c1-14-9-8-10-15(2)19(14)21(16(3)20(23)24-4)18(22)13-17-11-6-5-7-12-17;1-8(4-10-12(18)5-9(17)6-13(10)19)24(26-3)16(25)11-7-23(2)22-14(11)15(20)21/h5-12,16H,13H2,1-4H3;5-8,15H,4H2,1-3H3. The van der Waals surface area contributed by atoms with Crippen LogP contribution in [-0.4, -0.2) is 58.9 Å². The van der Waals surface area contributed by atoms with Crippen LogP contribution in [0.3, 0.4) is 0 Å². The number of carbonyl (C=O) groups excluding carboxylic acids is 3. The summed E-state index contributed by atoms with van der Waals surface area (Å²) in [6.07, 6.45) is -1.19. The summed E-state index contributed by atoms with van der Waals surface area (Å²) in [4.78, 5) is 44.5. The lowest BCUT2D eigenvalue weighted by molar-refractivity contribution is -0.143. The molecule has 268 valence electrons. The predicted octanol–water partition coefficient (Wildman–Crippen LogP) is 8.39. The second-order valence-corrected chi connectivity index (χ2v) is 12.7. The lowest BCUT2D eigenvalue weighted by atomic mass is 10.0. The van der Waals surface area contributed by atoms with E-state index in [1.54, 1.807) is 18.7 Å². The second-order valence-electron chi connectivity index (χ2n) is 11.5. The van der Waals surface area contributed by atoms with Crippen LogP contribution < -0.4 is 4.90 Å². The average Bonchev–Trinajstić information content (AvgIpc) is 3.47. The van der Waals surface area contributed by atoms with Crippen LogP contribution in [0.25, 0.3) is 0 Å². The monoisotopic (exact) mass is 750 g/mol. The number of para-hydroxylation sites is 1. The minimum Gasteiger partial charge on any atom is -0.467 e. The quantitative estimate of drug-likeness (QED) is 0.113. The Labute approximate surface area is 305 Å². The SMILES string of the molecule is COC(=O)C(C)N(C(=O)Cc1ccccc1)c1c(C)cccc1C.CON(C(=O)c1cn(C)nc1C(F)F)C(C)Cc1c(Cl)cc(Cl)cc1Cl. The molecule has 9 nitrogen and oxygen atoms in total. The zero-order valence-electron chi connectivity index (χ0n) is 28.7. The highest BCUT2D eigenvalue weighted by molar-refractivity contribution is 6.39. The number of esters is 1. The number of alkyl halides is 2. The Balaban J connectivity index is 0.000000271. The number of hydroxylamine groups is 2. The van der Waals surface area contributed by atoms with E-state index in [1.165, 1.54) is 39.6 Å². The molecule has 0 spiro atoms. The van der Waals surface area contributed by atoms with Gasteiger partial charge in [-0.25, -0.2) is 18.6 Å².